The van der Waals surface area contributed by atoms with Crippen LogP contribution in [-0.4, -0.2) is 149 Å². The minimum absolute atomic E-state index is 0.124. The van der Waals surface area contributed by atoms with Crippen LogP contribution in [0.25, 0.3) is 10.9 Å². The maximum atomic E-state index is 15.4. The van der Waals surface area contributed by atoms with Crippen LogP contribution in [0.2, 0.25) is 0 Å². The number of aliphatic hydroxyl groups excluding tert-OH is 2. The van der Waals surface area contributed by atoms with Gasteiger partial charge in [-0.1, -0.05) is 102 Å². The highest BCUT2D eigenvalue weighted by Crippen LogP contribution is 2.38. The molecule has 0 saturated carbocycles. The van der Waals surface area contributed by atoms with Crippen molar-refractivity contribution >= 4 is 52.3 Å². The van der Waals surface area contributed by atoms with Gasteiger partial charge in [0.2, 0.25) is 41.4 Å². The molecule has 3 aromatic rings. The number of likely N-dealkylation sites (N-methyl/N-ethyl adjacent to an activating group) is 2. The maximum absolute atomic E-state index is 15.4. The van der Waals surface area contributed by atoms with Crippen LogP contribution in [0.5, 0.6) is 0 Å². The molecular weight excluding hydrogens is 961 g/mol. The summed E-state index contributed by atoms with van der Waals surface area (Å²) < 4.78 is 13.6. The lowest BCUT2D eigenvalue weighted by molar-refractivity contribution is -0.146. The Morgan fingerprint density at radius 2 is 1.25 bits per heavy atom. The number of hydrogen-bond donors (Lipinski definition) is 7. The van der Waals surface area contributed by atoms with Crippen molar-refractivity contribution in [1.29, 1.82) is 0 Å². The minimum atomic E-state index is -1.81. The van der Waals surface area contributed by atoms with Crippen molar-refractivity contribution in [2.24, 2.45) is 23.7 Å². The first-order valence-corrected chi connectivity index (χ1v) is 26.0. The standard InChI is InChI=1S/C56H82N8O11/c1-30(2)24-34(8)44-52(70)60-45(47(66)38-27-64(56(10,11)42-29-75-42)39-23-19-18-22-37(38)39)55(73)63(13)41(26-33(7)28-65)50(68)57-35(9)49(67)61-46(48(74-14)36-20-16-15-17-21-36)53(71)58-43(32(5)6)54(72)62(12)40(25-31(3)4)51(69)59-44/h15-24,27,31-35,40-48,65-66H,25-26,28-29H2,1-14H3,(H,57,68)(H,58,71)(H,59,69)(H,60,70)(H,61,67). The number of allylic oxidation sites excluding steroid dienone is 1. The Morgan fingerprint density at radius 3 is 1.81 bits per heavy atom. The van der Waals surface area contributed by atoms with Crippen molar-refractivity contribution in [1.82, 2.24) is 41.0 Å². The molecule has 19 nitrogen and oxygen atoms in total. The van der Waals surface area contributed by atoms with Crippen LogP contribution in [0.15, 0.2) is 72.4 Å². The molecule has 19 heteroatoms. The monoisotopic (exact) mass is 1040 g/mol. The fourth-order valence-electron chi connectivity index (χ4n) is 9.86. The van der Waals surface area contributed by atoms with E-state index in [1.165, 1.54) is 33.0 Å². The number of benzene rings is 2. The van der Waals surface area contributed by atoms with Crippen LogP contribution in [0, 0.1) is 23.7 Å². The van der Waals surface area contributed by atoms with Crippen LogP contribution in [0.4, 0.5) is 0 Å². The fraction of sp³-hybridized carbons (Fsp3) is 0.589. The lowest BCUT2D eigenvalue weighted by Gasteiger charge is -2.36. The largest absolute Gasteiger partial charge is 0.396 e. The number of rotatable bonds is 15. The number of hydrogen-bond acceptors (Lipinski definition) is 11. The summed E-state index contributed by atoms with van der Waals surface area (Å²) in [5.41, 5.74) is 1.72. The van der Waals surface area contributed by atoms with Crippen LogP contribution in [0.1, 0.15) is 112 Å². The maximum Gasteiger partial charge on any atom is 0.248 e. The number of fused-ring (bicyclic) bond motifs is 1. The number of methoxy groups -OCH3 is 1. The van der Waals surface area contributed by atoms with Crippen LogP contribution >= 0.6 is 0 Å². The van der Waals surface area contributed by atoms with E-state index < -0.39 is 119 Å². The summed E-state index contributed by atoms with van der Waals surface area (Å²) in [4.78, 5) is 106. The van der Waals surface area contributed by atoms with Gasteiger partial charge in [-0.15, -0.1) is 0 Å². The van der Waals surface area contributed by atoms with Gasteiger partial charge in [-0.25, -0.2) is 0 Å². The normalized spacial score (nSPS) is 25.9. The highest BCUT2D eigenvalue weighted by atomic mass is 16.6. The third-order valence-corrected chi connectivity index (χ3v) is 14.5. The summed E-state index contributed by atoms with van der Waals surface area (Å²) in [5, 5.41) is 37.7. The van der Waals surface area contributed by atoms with E-state index in [0.717, 1.165) is 16.0 Å². The first-order valence-electron chi connectivity index (χ1n) is 26.0. The number of amides is 7. The molecule has 75 heavy (non-hydrogen) atoms. The van der Waals surface area contributed by atoms with Crippen molar-refractivity contribution in [3.63, 3.8) is 0 Å². The summed E-state index contributed by atoms with van der Waals surface area (Å²) in [6, 6.07) is 6.13. The van der Waals surface area contributed by atoms with E-state index in [1.807, 2.05) is 58.2 Å². The van der Waals surface area contributed by atoms with E-state index in [9.17, 15) is 34.2 Å². The minimum Gasteiger partial charge on any atom is -0.396 e. The molecule has 2 aliphatic rings. The smallest absolute Gasteiger partial charge is 0.248 e. The summed E-state index contributed by atoms with van der Waals surface area (Å²) in [6.07, 6.45) is 0.516. The van der Waals surface area contributed by atoms with E-state index in [4.69, 9.17) is 9.47 Å². The van der Waals surface area contributed by atoms with Gasteiger partial charge in [0, 0.05) is 56.4 Å². The summed E-state index contributed by atoms with van der Waals surface area (Å²) >= 11 is 0. The highest BCUT2D eigenvalue weighted by Gasteiger charge is 2.45. The second kappa shape index (κ2) is 25.6. The first-order chi connectivity index (χ1) is 35.2. The van der Waals surface area contributed by atoms with Gasteiger partial charge in [-0.3, -0.25) is 33.6 Å². The molecule has 12 unspecified atom stereocenters. The Labute approximate surface area is 441 Å². The van der Waals surface area contributed by atoms with Crippen molar-refractivity contribution in [2.45, 2.75) is 155 Å². The topological polar surface area (TPSA) is 253 Å². The second-order valence-electron chi connectivity index (χ2n) is 22.1. The summed E-state index contributed by atoms with van der Waals surface area (Å²) in [5.74, 6) is -7.50. The number of carbonyl (C=O) groups is 7. The Hall–Kier alpha value is -6.15. The van der Waals surface area contributed by atoms with Gasteiger partial charge in [0.1, 0.15) is 60.6 Å². The lowest BCUT2D eigenvalue weighted by Crippen LogP contribution is -2.62. The van der Waals surface area contributed by atoms with Crippen molar-refractivity contribution < 1.29 is 53.2 Å². The zero-order chi connectivity index (χ0) is 55.8. The molecule has 2 fully saturated rings. The van der Waals surface area contributed by atoms with E-state index in [0.29, 0.717) is 17.6 Å². The van der Waals surface area contributed by atoms with Crippen LogP contribution in [-0.2, 0) is 48.6 Å². The van der Waals surface area contributed by atoms with Gasteiger partial charge in [-0.05, 0) is 76.8 Å². The van der Waals surface area contributed by atoms with E-state index in [-0.39, 0.29) is 37.0 Å². The van der Waals surface area contributed by atoms with E-state index >= 15 is 9.59 Å². The molecule has 5 rings (SSSR count). The number of epoxide rings is 1. The number of nitrogens with zero attached hydrogens (tertiary/aromatic N) is 3. The van der Waals surface area contributed by atoms with Gasteiger partial charge in [0.05, 0.1) is 12.1 Å². The summed E-state index contributed by atoms with van der Waals surface area (Å²) in [7, 11) is 4.16. The predicted octanol–water partition coefficient (Wildman–Crippen LogP) is 3.63. The Kier molecular flexibility index (Phi) is 20.4. The first kappa shape index (κ1) is 59.7. The average Bonchev–Trinajstić information content (AvgIpc) is 4.16. The number of ether oxygens (including phenoxy) is 2. The zero-order valence-electron chi connectivity index (χ0n) is 46.2. The molecule has 3 heterocycles. The highest BCUT2D eigenvalue weighted by molar-refractivity contribution is 5.99. The van der Waals surface area contributed by atoms with Crippen LogP contribution in [0.3, 0.4) is 0 Å². The molecule has 412 valence electrons. The zero-order valence-corrected chi connectivity index (χ0v) is 46.2. The van der Waals surface area contributed by atoms with Gasteiger partial charge >= 0.3 is 0 Å². The third kappa shape index (κ3) is 14.2. The molecular formula is C56H82N8O11. The van der Waals surface area contributed by atoms with Crippen molar-refractivity contribution in [2.75, 3.05) is 34.4 Å². The van der Waals surface area contributed by atoms with Crippen molar-refractivity contribution in [3.8, 4) is 0 Å². The van der Waals surface area contributed by atoms with Gasteiger partial charge in [0.15, 0.2) is 0 Å². The number of aliphatic hydroxyl groups is 2. The van der Waals surface area contributed by atoms with Gasteiger partial charge in [-0.2, -0.15) is 0 Å². The molecule has 12 atom stereocenters. The molecule has 2 aliphatic heterocycles. The number of carbonyl (C=O) groups excluding carboxylic acids is 7. The molecule has 7 amide bonds. The predicted molar refractivity (Wildman–Crippen MR) is 284 cm³/mol. The van der Waals surface area contributed by atoms with Gasteiger partial charge in [0.25, 0.3) is 0 Å². The number of nitrogens with one attached hydrogen (secondary N) is 5. The molecule has 0 spiro atoms. The molecule has 0 aliphatic carbocycles. The lowest BCUT2D eigenvalue weighted by atomic mass is 9.94. The Morgan fingerprint density at radius 1 is 0.733 bits per heavy atom. The SMILES string of the molecule is COC(c1ccccc1)C1NC(=O)C(C)NC(=O)C(CC(C)CO)N(C)C(=O)C(C(O)c2cn(C(C)(C)C3CO3)c3ccccc23)NC(=O)C(C(C)C=C(C)C)NC(=O)C(CC(C)C)N(C)C(=O)C(C(C)C)NC1=O. The van der Waals surface area contributed by atoms with E-state index in [1.54, 1.807) is 82.4 Å². The van der Waals surface area contributed by atoms with Crippen molar-refractivity contribution in [3.05, 3.63) is 83.6 Å². The number of para-hydroxylation sites is 1. The fourth-order valence-corrected chi connectivity index (χ4v) is 9.86. The van der Waals surface area contributed by atoms with Gasteiger partial charge < -0.3 is 60.6 Å². The molecule has 1 aromatic heterocycles. The quantitative estimate of drug-likeness (QED) is 0.0855. The average molecular weight is 1040 g/mol. The third-order valence-electron chi connectivity index (χ3n) is 14.5. The Balaban J connectivity index is 1.73. The summed E-state index contributed by atoms with van der Waals surface area (Å²) in [6.45, 7) is 19.8. The molecule has 7 N–H and O–H groups in total. The van der Waals surface area contributed by atoms with E-state index in [2.05, 4.69) is 26.6 Å². The molecule has 2 aromatic carbocycles. The van der Waals surface area contributed by atoms with Crippen LogP contribution < -0.4 is 26.6 Å². The Bertz CT molecular complexity index is 2540. The molecule has 0 radical (unpaired) electrons. The molecule has 2 saturated heterocycles. The molecule has 0 bridgehead atoms. The second-order valence-corrected chi connectivity index (χ2v) is 22.1. The number of aromatic nitrogens is 1.